The number of halogens is 8. The molecule has 0 spiro atoms. The van der Waals surface area contributed by atoms with Gasteiger partial charge in [-0.05, 0) is 42.5 Å². The van der Waals surface area contributed by atoms with Gasteiger partial charge >= 0.3 is 12.4 Å². The molecule has 1 aliphatic rings. The van der Waals surface area contributed by atoms with Crippen molar-refractivity contribution in [1.82, 2.24) is 15.0 Å². The molecule has 3 heterocycles. The molecule has 38 heavy (non-hydrogen) atoms. The zero-order valence-corrected chi connectivity index (χ0v) is 20.4. The topological polar surface area (TPSA) is 84.2 Å². The predicted octanol–water partition coefficient (Wildman–Crippen LogP) is 5.24. The molecule has 202 valence electrons. The Morgan fingerprint density at radius 3 is 2.34 bits per heavy atom. The Kier molecular flexibility index (Phi) is 7.28. The number of nitrogens with one attached hydrogen (secondary N) is 2. The summed E-state index contributed by atoms with van der Waals surface area (Å²) in [5, 5.41) is 7.50. The van der Waals surface area contributed by atoms with Gasteiger partial charge < -0.3 is 19.9 Å². The van der Waals surface area contributed by atoms with Gasteiger partial charge in [-0.3, -0.25) is 9.59 Å². The van der Waals surface area contributed by atoms with Crippen LogP contribution in [-0.4, -0.2) is 47.4 Å². The van der Waals surface area contributed by atoms with Gasteiger partial charge in [0, 0.05) is 27.4 Å². The van der Waals surface area contributed by atoms with Crippen LogP contribution in [0, 0.1) is 0 Å². The van der Waals surface area contributed by atoms with Crippen molar-refractivity contribution in [2.75, 3.05) is 13.1 Å². The zero-order chi connectivity index (χ0) is 27.9. The average Bonchev–Trinajstić information content (AvgIpc) is 3.48. The van der Waals surface area contributed by atoms with Crippen LogP contribution in [0.15, 0.2) is 53.8 Å². The molecule has 1 atom stereocenters. The Hall–Kier alpha value is -3.45. The largest absolute Gasteiger partial charge is 0.435 e. The summed E-state index contributed by atoms with van der Waals surface area (Å²) in [6.07, 6.45) is -8.79. The molecule has 0 saturated carbocycles. The number of carbonyl (C=O) groups excluding carboxylic acids is 2. The maximum absolute atomic E-state index is 14.3. The summed E-state index contributed by atoms with van der Waals surface area (Å²) in [5.74, 6) is -1.86. The summed E-state index contributed by atoms with van der Waals surface area (Å²) < 4.78 is 81.0. The van der Waals surface area contributed by atoms with E-state index in [0.29, 0.717) is 5.52 Å². The third kappa shape index (κ3) is 5.53. The van der Waals surface area contributed by atoms with E-state index in [-0.39, 0.29) is 32.6 Å². The summed E-state index contributed by atoms with van der Waals surface area (Å²) in [5.41, 5.74) is -2.77. The summed E-state index contributed by atoms with van der Waals surface area (Å²) in [6.45, 7) is -2.28. The molecule has 0 saturated heterocycles. The van der Waals surface area contributed by atoms with E-state index in [1.165, 1.54) is 40.9 Å². The van der Waals surface area contributed by atoms with Gasteiger partial charge in [0.25, 0.3) is 11.5 Å². The Labute approximate surface area is 220 Å². The number of hydrogen-bond donors (Lipinski definition) is 2. The number of nitrogens with zero attached hydrogens (tertiary/aromatic N) is 2. The lowest BCUT2D eigenvalue weighted by Gasteiger charge is -2.29. The van der Waals surface area contributed by atoms with Crippen molar-refractivity contribution in [3.8, 4) is 0 Å². The molecule has 1 aromatic carbocycles. The Bertz CT molecular complexity index is 1420. The number of benzene rings is 1. The number of amides is 2. The van der Waals surface area contributed by atoms with E-state index < -0.39 is 49.3 Å². The molecule has 2 aromatic heterocycles. The summed E-state index contributed by atoms with van der Waals surface area (Å²) in [7, 11) is 0. The number of hydrogen-bond acceptors (Lipinski definition) is 4. The van der Waals surface area contributed by atoms with Crippen LogP contribution >= 0.6 is 23.2 Å². The average molecular weight is 581 g/mol. The van der Waals surface area contributed by atoms with Crippen LogP contribution in [0.5, 0.6) is 0 Å². The molecule has 0 bridgehead atoms. The normalized spacial score (nSPS) is 17.7. The minimum absolute atomic E-state index is 0.0235. The van der Waals surface area contributed by atoms with Gasteiger partial charge in [-0.15, -0.1) is 0 Å². The van der Waals surface area contributed by atoms with Gasteiger partial charge in [0.1, 0.15) is 12.2 Å². The monoisotopic (exact) mass is 580 g/mol. The van der Waals surface area contributed by atoms with Gasteiger partial charge in [-0.25, -0.2) is 0 Å². The second-order valence-corrected chi connectivity index (χ2v) is 9.13. The van der Waals surface area contributed by atoms with E-state index in [4.69, 9.17) is 28.0 Å². The first-order chi connectivity index (χ1) is 17.7. The van der Waals surface area contributed by atoms with Crippen LogP contribution in [0.3, 0.4) is 0 Å². The molecule has 0 radical (unpaired) electrons. The Morgan fingerprint density at radius 1 is 1.03 bits per heavy atom. The minimum atomic E-state index is -4.91. The highest BCUT2D eigenvalue weighted by molar-refractivity contribution is 6.34. The van der Waals surface area contributed by atoms with Crippen LogP contribution in [0.4, 0.5) is 26.3 Å². The van der Waals surface area contributed by atoms with Gasteiger partial charge in [-0.1, -0.05) is 28.4 Å². The lowest BCUT2D eigenvalue weighted by Crippen LogP contribution is -2.42. The van der Waals surface area contributed by atoms with Crippen LogP contribution in [-0.2, 0) is 15.2 Å². The van der Waals surface area contributed by atoms with E-state index >= 15 is 0 Å². The second-order valence-electron chi connectivity index (χ2n) is 8.26. The van der Waals surface area contributed by atoms with Crippen molar-refractivity contribution >= 4 is 46.2 Å². The van der Waals surface area contributed by atoms with Crippen molar-refractivity contribution in [3.63, 3.8) is 0 Å². The highest BCUT2D eigenvalue weighted by Crippen LogP contribution is 2.50. The maximum Gasteiger partial charge on any atom is 0.435 e. The molecule has 1 unspecified atom stereocenters. The SMILES string of the molecule is O=C(CNC(=O)c1ccc(C2=NOC(c3cc(Cl)cc(Cl)c3)(C(F)(F)F)C2)c2cccn12)NCC(F)(F)F. The third-order valence-electron chi connectivity index (χ3n) is 5.65. The van der Waals surface area contributed by atoms with Crippen molar-refractivity contribution < 1.29 is 40.8 Å². The molecule has 3 aromatic rings. The first-order valence-corrected chi connectivity index (χ1v) is 11.5. The number of rotatable bonds is 6. The smallest absolute Gasteiger partial charge is 0.374 e. The maximum atomic E-state index is 14.3. The first-order valence-electron chi connectivity index (χ1n) is 10.7. The number of fused-ring (bicyclic) bond motifs is 1. The highest BCUT2D eigenvalue weighted by atomic mass is 35.5. The van der Waals surface area contributed by atoms with E-state index in [1.807, 2.05) is 0 Å². The number of aromatic nitrogens is 1. The van der Waals surface area contributed by atoms with Crippen LogP contribution < -0.4 is 10.6 Å². The highest BCUT2D eigenvalue weighted by Gasteiger charge is 2.62. The van der Waals surface area contributed by atoms with E-state index in [2.05, 4.69) is 10.5 Å². The molecule has 0 fully saturated rings. The van der Waals surface area contributed by atoms with Crippen molar-refractivity contribution in [2.45, 2.75) is 24.4 Å². The van der Waals surface area contributed by atoms with Crippen molar-refractivity contribution in [2.24, 2.45) is 5.16 Å². The number of alkyl halides is 6. The molecule has 2 amide bonds. The number of carbonyl (C=O) groups is 2. The zero-order valence-electron chi connectivity index (χ0n) is 18.9. The molecular formula is C23H16Cl2F6N4O3. The van der Waals surface area contributed by atoms with Gasteiger partial charge in [0.15, 0.2) is 0 Å². The molecule has 4 rings (SSSR count). The van der Waals surface area contributed by atoms with Crippen molar-refractivity contribution in [1.29, 1.82) is 0 Å². The quantitative estimate of drug-likeness (QED) is 0.391. The first kappa shape index (κ1) is 27.6. The lowest BCUT2D eigenvalue weighted by molar-refractivity contribution is -0.275. The Balaban J connectivity index is 1.58. The van der Waals surface area contributed by atoms with E-state index in [0.717, 1.165) is 12.1 Å². The number of oxime groups is 1. The standard InChI is InChI=1S/C23H16Cl2F6N4O3/c24-13-6-12(7-14(25)8-13)21(23(29,30)31)9-16(34-38-21)15-3-4-18(35-5-1-2-17(15)35)20(37)32-10-19(36)33-11-22(26,27)28/h1-8H,9-11H2,(H,32,37)(H,33,36). The van der Waals surface area contributed by atoms with Gasteiger partial charge in [0.2, 0.25) is 5.91 Å². The molecule has 1 aliphatic heterocycles. The summed E-state index contributed by atoms with van der Waals surface area (Å²) >= 11 is 11.9. The minimum Gasteiger partial charge on any atom is -0.374 e. The predicted molar refractivity (Wildman–Crippen MR) is 125 cm³/mol. The lowest BCUT2D eigenvalue weighted by atomic mass is 9.86. The fraction of sp³-hybridized carbons (Fsp3) is 0.261. The van der Waals surface area contributed by atoms with E-state index in [9.17, 15) is 35.9 Å². The van der Waals surface area contributed by atoms with Crippen molar-refractivity contribution in [3.05, 3.63) is 75.5 Å². The molecule has 0 aliphatic carbocycles. The summed E-state index contributed by atoms with van der Waals surface area (Å²) in [4.78, 5) is 29.2. The molecule has 2 N–H and O–H groups in total. The van der Waals surface area contributed by atoms with Crippen LogP contribution in [0.1, 0.15) is 28.0 Å². The van der Waals surface area contributed by atoms with Crippen LogP contribution in [0.25, 0.3) is 5.52 Å². The molecule has 15 heteroatoms. The third-order valence-corrected chi connectivity index (χ3v) is 6.08. The number of pyridine rings is 1. The van der Waals surface area contributed by atoms with E-state index in [1.54, 1.807) is 5.32 Å². The van der Waals surface area contributed by atoms with Crippen LogP contribution in [0.2, 0.25) is 10.0 Å². The fourth-order valence-corrected chi connectivity index (χ4v) is 4.44. The Morgan fingerprint density at radius 2 is 1.71 bits per heavy atom. The molecule has 7 nitrogen and oxygen atoms in total. The fourth-order valence-electron chi connectivity index (χ4n) is 3.92. The molecular weight excluding hydrogens is 565 g/mol. The van der Waals surface area contributed by atoms with Gasteiger partial charge in [0.05, 0.1) is 24.2 Å². The second kappa shape index (κ2) is 10.0. The van der Waals surface area contributed by atoms with Gasteiger partial charge in [-0.2, -0.15) is 26.3 Å². The summed E-state index contributed by atoms with van der Waals surface area (Å²) in [6, 6.07) is 9.13.